The largest absolute Gasteiger partial charge is 0.321 e. The summed E-state index contributed by atoms with van der Waals surface area (Å²) in [5.74, 6) is -1.01. The van der Waals surface area contributed by atoms with Crippen molar-refractivity contribution in [2.75, 3.05) is 16.7 Å². The molecule has 1 N–H and O–H groups in total. The fraction of sp³-hybridized carbons (Fsp3) is 0.115. The summed E-state index contributed by atoms with van der Waals surface area (Å²) in [6.45, 7) is 2.03. The Kier molecular flexibility index (Phi) is 6.81. The molecule has 3 aromatic carbocycles. The zero-order chi connectivity index (χ0) is 24.3. The molecule has 0 radical (unpaired) electrons. The lowest BCUT2D eigenvalue weighted by atomic mass is 10.1. The maximum Gasteiger partial charge on any atom is 0.267 e. The molecule has 0 unspecified atom stereocenters. The molecule has 174 valence electrons. The number of carbonyl (C=O) groups is 1. The molecule has 0 spiro atoms. The summed E-state index contributed by atoms with van der Waals surface area (Å²) < 4.78 is 42.2. The van der Waals surface area contributed by atoms with Gasteiger partial charge >= 0.3 is 0 Å². The number of carbonyl (C=O) groups excluding carboxylic acids is 1. The smallest absolute Gasteiger partial charge is 0.267 e. The maximum absolute atomic E-state index is 13.9. The molecule has 0 fully saturated rings. The van der Waals surface area contributed by atoms with E-state index in [1.165, 1.54) is 35.6 Å². The van der Waals surface area contributed by atoms with Crippen LogP contribution in [0, 0.1) is 5.82 Å². The number of halogens is 1. The standard InChI is InChI=1S/C26H23FN2O3S2/c1-3-18-9-15-22(16-10-18)29(2)34(31,32)25-23(19-7-5-4-6-8-19)17-33-24(25)26(30)28-21-13-11-20(27)12-14-21/h4-17H,3H2,1-2H3,(H,28,30). The normalized spacial score (nSPS) is 11.3. The van der Waals surface area contributed by atoms with E-state index in [0.717, 1.165) is 23.3 Å². The third-order valence-corrected chi connectivity index (χ3v) is 8.45. The third kappa shape index (κ3) is 4.73. The number of nitrogens with one attached hydrogen (secondary N) is 1. The molecule has 1 amide bonds. The van der Waals surface area contributed by atoms with Crippen LogP contribution in [0.4, 0.5) is 15.8 Å². The van der Waals surface area contributed by atoms with E-state index in [0.29, 0.717) is 22.5 Å². The lowest BCUT2D eigenvalue weighted by Crippen LogP contribution is -2.28. The summed E-state index contributed by atoms with van der Waals surface area (Å²) in [5, 5.41) is 4.35. The Morgan fingerprint density at radius 3 is 2.24 bits per heavy atom. The molecule has 4 rings (SSSR count). The average molecular weight is 495 g/mol. The molecule has 0 bridgehead atoms. The van der Waals surface area contributed by atoms with Gasteiger partial charge in [0.1, 0.15) is 15.6 Å². The lowest BCUT2D eigenvalue weighted by Gasteiger charge is -2.21. The van der Waals surface area contributed by atoms with Crippen molar-refractivity contribution in [3.8, 4) is 11.1 Å². The first-order valence-electron chi connectivity index (χ1n) is 10.6. The number of aryl methyl sites for hydroxylation is 1. The van der Waals surface area contributed by atoms with Crippen molar-refractivity contribution in [1.82, 2.24) is 0 Å². The molecule has 4 aromatic rings. The second-order valence-electron chi connectivity index (χ2n) is 7.63. The number of nitrogens with zero attached hydrogens (tertiary/aromatic N) is 1. The van der Waals surface area contributed by atoms with Crippen molar-refractivity contribution in [2.45, 2.75) is 18.2 Å². The van der Waals surface area contributed by atoms with E-state index in [-0.39, 0.29) is 9.77 Å². The Bertz CT molecular complexity index is 1400. The Hall–Kier alpha value is -3.49. The van der Waals surface area contributed by atoms with E-state index < -0.39 is 21.7 Å². The van der Waals surface area contributed by atoms with Crippen molar-refractivity contribution in [2.24, 2.45) is 0 Å². The van der Waals surface area contributed by atoms with Crippen molar-refractivity contribution in [1.29, 1.82) is 0 Å². The monoisotopic (exact) mass is 494 g/mol. The highest BCUT2D eigenvalue weighted by atomic mass is 32.2. The van der Waals surface area contributed by atoms with Crippen LogP contribution in [0.15, 0.2) is 89.1 Å². The van der Waals surface area contributed by atoms with Gasteiger partial charge in [-0.25, -0.2) is 12.8 Å². The fourth-order valence-corrected chi connectivity index (χ4v) is 6.37. The van der Waals surface area contributed by atoms with Gasteiger partial charge in [0.05, 0.1) is 5.69 Å². The number of rotatable bonds is 7. The Morgan fingerprint density at radius 1 is 0.971 bits per heavy atom. The number of amides is 1. The quantitative estimate of drug-likeness (QED) is 0.333. The summed E-state index contributed by atoms with van der Waals surface area (Å²) in [7, 11) is -2.62. The number of benzene rings is 3. The molecule has 1 heterocycles. The second kappa shape index (κ2) is 9.79. The van der Waals surface area contributed by atoms with Crippen LogP contribution >= 0.6 is 11.3 Å². The summed E-state index contributed by atoms with van der Waals surface area (Å²) >= 11 is 1.06. The SMILES string of the molecule is CCc1ccc(N(C)S(=O)(=O)c2c(-c3ccccc3)csc2C(=O)Nc2ccc(F)cc2)cc1. The molecule has 0 aliphatic rings. The molecular formula is C26H23FN2O3S2. The second-order valence-corrected chi connectivity index (χ2v) is 10.4. The molecular weight excluding hydrogens is 471 g/mol. The highest BCUT2D eigenvalue weighted by Gasteiger charge is 2.32. The van der Waals surface area contributed by atoms with Crippen LogP contribution in [0.5, 0.6) is 0 Å². The van der Waals surface area contributed by atoms with Gasteiger partial charge in [0.15, 0.2) is 0 Å². The molecule has 0 saturated heterocycles. The Labute approximate surface area is 202 Å². The molecule has 0 aliphatic carbocycles. The number of hydrogen-bond acceptors (Lipinski definition) is 4. The number of thiophene rings is 1. The average Bonchev–Trinajstić information content (AvgIpc) is 3.32. The Morgan fingerprint density at radius 2 is 1.62 bits per heavy atom. The van der Waals surface area contributed by atoms with Gasteiger partial charge in [-0.1, -0.05) is 49.4 Å². The topological polar surface area (TPSA) is 66.5 Å². The van der Waals surface area contributed by atoms with Crippen molar-refractivity contribution >= 4 is 38.6 Å². The van der Waals surface area contributed by atoms with E-state index >= 15 is 0 Å². The molecule has 1 aromatic heterocycles. The summed E-state index contributed by atoms with van der Waals surface area (Å²) in [6.07, 6.45) is 0.840. The summed E-state index contributed by atoms with van der Waals surface area (Å²) in [5.41, 5.74) is 3.09. The van der Waals surface area contributed by atoms with E-state index in [9.17, 15) is 17.6 Å². The number of hydrogen-bond donors (Lipinski definition) is 1. The van der Waals surface area contributed by atoms with Gasteiger partial charge in [0.2, 0.25) is 0 Å². The van der Waals surface area contributed by atoms with Crippen LogP contribution in [0.1, 0.15) is 22.2 Å². The van der Waals surface area contributed by atoms with Gasteiger partial charge in [-0.2, -0.15) is 0 Å². The van der Waals surface area contributed by atoms with Crippen LogP contribution in [0.2, 0.25) is 0 Å². The van der Waals surface area contributed by atoms with Crippen molar-refractivity contribution < 1.29 is 17.6 Å². The zero-order valence-electron chi connectivity index (χ0n) is 18.7. The summed E-state index contributed by atoms with van der Waals surface area (Å²) in [6, 6.07) is 21.7. The highest BCUT2D eigenvalue weighted by molar-refractivity contribution is 7.93. The first kappa shape index (κ1) is 23.7. The maximum atomic E-state index is 13.9. The van der Waals surface area contributed by atoms with Gasteiger partial charge in [-0.15, -0.1) is 11.3 Å². The molecule has 0 saturated carbocycles. The van der Waals surface area contributed by atoms with Crippen molar-refractivity contribution in [3.05, 3.63) is 101 Å². The molecule has 5 nitrogen and oxygen atoms in total. The van der Waals surface area contributed by atoms with E-state index in [1.807, 2.05) is 37.3 Å². The van der Waals surface area contributed by atoms with Crippen LogP contribution in [0.25, 0.3) is 11.1 Å². The zero-order valence-corrected chi connectivity index (χ0v) is 20.3. The molecule has 0 aliphatic heterocycles. The van der Waals surface area contributed by atoms with Crippen LogP contribution in [0.3, 0.4) is 0 Å². The van der Waals surface area contributed by atoms with Crippen molar-refractivity contribution in [3.63, 3.8) is 0 Å². The minimum atomic E-state index is -4.10. The van der Waals surface area contributed by atoms with Gasteiger partial charge in [-0.05, 0) is 53.9 Å². The van der Waals surface area contributed by atoms with E-state index in [4.69, 9.17) is 0 Å². The Balaban J connectivity index is 1.80. The molecule has 34 heavy (non-hydrogen) atoms. The lowest BCUT2D eigenvalue weighted by molar-refractivity contribution is 0.102. The first-order valence-corrected chi connectivity index (χ1v) is 12.9. The van der Waals surface area contributed by atoms with Crippen LogP contribution in [-0.4, -0.2) is 21.4 Å². The molecule has 8 heteroatoms. The van der Waals surface area contributed by atoms with Crippen LogP contribution < -0.4 is 9.62 Å². The third-order valence-electron chi connectivity index (χ3n) is 5.47. The number of sulfonamides is 1. The van der Waals surface area contributed by atoms with Crippen LogP contribution in [-0.2, 0) is 16.4 Å². The predicted octanol–water partition coefficient (Wildman–Crippen LogP) is 6.19. The number of anilines is 2. The first-order chi connectivity index (χ1) is 16.3. The van der Waals surface area contributed by atoms with Gasteiger partial charge in [0.25, 0.3) is 15.9 Å². The minimum Gasteiger partial charge on any atom is -0.321 e. The van der Waals surface area contributed by atoms with E-state index in [2.05, 4.69) is 5.32 Å². The van der Waals surface area contributed by atoms with Gasteiger partial charge < -0.3 is 5.32 Å². The minimum absolute atomic E-state index is 0.0557. The summed E-state index contributed by atoms with van der Waals surface area (Å²) in [4.78, 5) is 13.2. The van der Waals surface area contributed by atoms with Gasteiger partial charge in [0, 0.05) is 23.7 Å². The fourth-order valence-electron chi connectivity index (χ4n) is 3.52. The highest BCUT2D eigenvalue weighted by Crippen LogP contribution is 2.38. The van der Waals surface area contributed by atoms with E-state index in [1.54, 1.807) is 29.6 Å². The van der Waals surface area contributed by atoms with Gasteiger partial charge in [-0.3, -0.25) is 9.10 Å². The predicted molar refractivity (Wildman–Crippen MR) is 136 cm³/mol. The molecule has 0 atom stereocenters.